The van der Waals surface area contributed by atoms with E-state index in [-0.39, 0.29) is 46.1 Å². The molecule has 2 aliphatic heterocycles. The molecule has 5 aliphatic carbocycles. The zero-order valence-electron chi connectivity index (χ0n) is 30.2. The van der Waals surface area contributed by atoms with Gasteiger partial charge in [0.25, 0.3) is 0 Å². The summed E-state index contributed by atoms with van der Waals surface area (Å²) in [4.78, 5) is 2.27. The third kappa shape index (κ3) is 4.66. The maximum atomic E-state index is 12.4. The van der Waals surface area contributed by atoms with E-state index in [4.69, 9.17) is 14.2 Å². The van der Waals surface area contributed by atoms with Crippen molar-refractivity contribution in [1.82, 2.24) is 4.90 Å². The number of nitrogens with zero attached hydrogens (tertiary/aromatic N) is 1. The number of hydrogen-bond acceptors (Lipinski definition) is 8. The maximum Gasteiger partial charge on any atom is 0.170 e. The van der Waals surface area contributed by atoms with Gasteiger partial charge in [0.05, 0.1) is 42.2 Å². The van der Waals surface area contributed by atoms with Crippen molar-refractivity contribution < 1.29 is 34.6 Å². The van der Waals surface area contributed by atoms with E-state index in [0.717, 1.165) is 25.8 Å². The standard InChI is InChI=1S/C38H65NO7/c1-22-18-23(30(40)34(6,7)43)45-29-28(22)35(8)14-15-38-20-37(38)13-12-26(46-27-19-39(16-17-44-27)21-32(2,3)42)33(4,5)24(37)10-11-25(38)36(35,9)31(29)41/h22-31,40-43H,10-21H2,1-9H3. The zero-order valence-corrected chi connectivity index (χ0v) is 30.2. The second-order valence-corrected chi connectivity index (χ2v) is 19.6. The van der Waals surface area contributed by atoms with E-state index in [0.29, 0.717) is 49.3 Å². The molecule has 4 N–H and O–H groups in total. The Balaban J connectivity index is 1.11. The molecular formula is C38H65NO7. The van der Waals surface area contributed by atoms with E-state index in [1.165, 1.54) is 25.7 Å². The number of rotatable bonds is 6. The number of aliphatic hydroxyl groups is 4. The van der Waals surface area contributed by atoms with Gasteiger partial charge in [-0.05, 0) is 124 Å². The molecule has 7 rings (SSSR count). The number of β-amino-alcohol motifs (C(OH)–C–C–N with tert-alkyl or cyclic N) is 1. The number of aliphatic hydroxyl groups excluding tert-OH is 2. The average molecular weight is 648 g/mol. The molecule has 0 aromatic rings. The third-order valence-corrected chi connectivity index (χ3v) is 15.9. The summed E-state index contributed by atoms with van der Waals surface area (Å²) in [5.41, 5.74) is -1.68. The predicted octanol–water partition coefficient (Wildman–Crippen LogP) is 4.75. The average Bonchev–Trinajstić information content (AvgIpc) is 3.57. The lowest BCUT2D eigenvalue weighted by Gasteiger charge is -2.64. The molecule has 7 aliphatic rings. The lowest BCUT2D eigenvalue weighted by Crippen LogP contribution is -2.60. The van der Waals surface area contributed by atoms with Crippen molar-refractivity contribution in [3.63, 3.8) is 0 Å². The van der Waals surface area contributed by atoms with E-state index >= 15 is 0 Å². The van der Waals surface area contributed by atoms with Crippen LogP contribution in [0.3, 0.4) is 0 Å². The monoisotopic (exact) mass is 647 g/mol. The summed E-state index contributed by atoms with van der Waals surface area (Å²) in [6.45, 7) is 21.9. The van der Waals surface area contributed by atoms with Gasteiger partial charge in [-0.2, -0.15) is 0 Å². The summed E-state index contributed by atoms with van der Waals surface area (Å²) in [6, 6.07) is 0. The van der Waals surface area contributed by atoms with Crippen molar-refractivity contribution in [2.45, 2.75) is 162 Å². The Kier molecular flexibility index (Phi) is 7.87. The normalized spacial score (nSPS) is 52.5. The second kappa shape index (κ2) is 10.6. The summed E-state index contributed by atoms with van der Waals surface area (Å²) in [6.07, 6.45) is 6.40. The highest BCUT2D eigenvalue weighted by Gasteiger charge is 2.84. The molecule has 7 fully saturated rings. The minimum absolute atomic E-state index is 0.0244. The molecule has 0 radical (unpaired) electrons. The van der Waals surface area contributed by atoms with Gasteiger partial charge in [0.1, 0.15) is 6.10 Å². The Morgan fingerprint density at radius 2 is 1.63 bits per heavy atom. The van der Waals surface area contributed by atoms with Gasteiger partial charge >= 0.3 is 0 Å². The van der Waals surface area contributed by atoms with Crippen LogP contribution in [0.15, 0.2) is 0 Å². The molecule has 14 unspecified atom stereocenters. The zero-order chi connectivity index (χ0) is 33.5. The largest absolute Gasteiger partial charge is 0.390 e. The van der Waals surface area contributed by atoms with Gasteiger partial charge in [-0.1, -0.05) is 34.6 Å². The lowest BCUT2D eigenvalue weighted by atomic mass is 9.41. The van der Waals surface area contributed by atoms with Gasteiger partial charge in [0.2, 0.25) is 0 Å². The fraction of sp³-hybridized carbons (Fsp3) is 1.00. The summed E-state index contributed by atoms with van der Waals surface area (Å²) in [5.74, 6) is 1.58. The van der Waals surface area contributed by atoms with Gasteiger partial charge in [-0.15, -0.1) is 0 Å². The van der Waals surface area contributed by atoms with Crippen LogP contribution in [-0.4, -0.2) is 99.6 Å². The predicted molar refractivity (Wildman–Crippen MR) is 176 cm³/mol. The van der Waals surface area contributed by atoms with Crippen molar-refractivity contribution >= 4 is 0 Å². The Hall–Kier alpha value is -0.320. The summed E-state index contributed by atoms with van der Waals surface area (Å²) in [5, 5.41) is 44.5. The smallest absolute Gasteiger partial charge is 0.170 e. The molecule has 264 valence electrons. The van der Waals surface area contributed by atoms with Crippen molar-refractivity contribution in [1.29, 1.82) is 0 Å². The van der Waals surface area contributed by atoms with E-state index in [1.807, 2.05) is 13.8 Å². The number of morpholine rings is 1. The van der Waals surface area contributed by atoms with Gasteiger partial charge in [-0.25, -0.2) is 0 Å². The molecule has 2 saturated heterocycles. The second-order valence-electron chi connectivity index (χ2n) is 19.6. The van der Waals surface area contributed by atoms with Gasteiger partial charge < -0.3 is 34.6 Å². The lowest BCUT2D eigenvalue weighted by molar-refractivity contribution is -0.250. The van der Waals surface area contributed by atoms with Crippen molar-refractivity contribution in [2.24, 2.45) is 50.7 Å². The molecule has 0 aromatic carbocycles. The van der Waals surface area contributed by atoms with Crippen LogP contribution in [0, 0.1) is 50.7 Å². The first-order chi connectivity index (χ1) is 21.2. The summed E-state index contributed by atoms with van der Waals surface area (Å²) >= 11 is 0. The number of fused-ring (bicyclic) bond motifs is 4. The van der Waals surface area contributed by atoms with Crippen LogP contribution in [0.2, 0.25) is 0 Å². The number of hydrogen-bond donors (Lipinski definition) is 4. The van der Waals surface area contributed by atoms with Crippen LogP contribution in [0.4, 0.5) is 0 Å². The molecule has 0 aromatic heterocycles. The van der Waals surface area contributed by atoms with Gasteiger partial charge in [-0.3, -0.25) is 4.90 Å². The molecule has 2 spiro atoms. The van der Waals surface area contributed by atoms with Crippen LogP contribution in [0.25, 0.3) is 0 Å². The quantitative estimate of drug-likeness (QED) is 0.327. The van der Waals surface area contributed by atoms with Gasteiger partial charge in [0, 0.05) is 25.0 Å². The molecule has 8 heteroatoms. The van der Waals surface area contributed by atoms with Crippen molar-refractivity contribution in [2.75, 3.05) is 26.2 Å². The highest BCUT2D eigenvalue weighted by molar-refractivity contribution is 5.33. The summed E-state index contributed by atoms with van der Waals surface area (Å²) in [7, 11) is 0. The van der Waals surface area contributed by atoms with Crippen molar-refractivity contribution in [3.05, 3.63) is 0 Å². The fourth-order valence-electron chi connectivity index (χ4n) is 13.8. The highest BCUT2D eigenvalue weighted by Crippen LogP contribution is 2.89. The Bertz CT molecular complexity index is 1180. The molecule has 2 heterocycles. The van der Waals surface area contributed by atoms with Crippen molar-refractivity contribution in [3.8, 4) is 0 Å². The highest BCUT2D eigenvalue weighted by atomic mass is 16.7. The molecule has 8 nitrogen and oxygen atoms in total. The molecule has 14 atom stereocenters. The minimum atomic E-state index is -1.25. The maximum absolute atomic E-state index is 12.4. The first-order valence-corrected chi connectivity index (χ1v) is 18.7. The Morgan fingerprint density at radius 1 is 0.957 bits per heavy atom. The van der Waals surface area contributed by atoms with Crippen LogP contribution >= 0.6 is 0 Å². The van der Waals surface area contributed by atoms with E-state index < -0.39 is 29.5 Å². The summed E-state index contributed by atoms with van der Waals surface area (Å²) < 4.78 is 19.7. The number of ether oxygens (including phenoxy) is 3. The van der Waals surface area contributed by atoms with Crippen LogP contribution in [0.5, 0.6) is 0 Å². The minimum Gasteiger partial charge on any atom is -0.390 e. The first kappa shape index (κ1) is 34.1. The van der Waals surface area contributed by atoms with E-state index in [2.05, 4.69) is 39.5 Å². The topological polar surface area (TPSA) is 112 Å². The van der Waals surface area contributed by atoms with Crippen LogP contribution < -0.4 is 0 Å². The first-order valence-electron chi connectivity index (χ1n) is 18.7. The van der Waals surface area contributed by atoms with Gasteiger partial charge in [0.15, 0.2) is 6.29 Å². The molecule has 0 amide bonds. The molecule has 5 saturated carbocycles. The molecule has 46 heavy (non-hydrogen) atoms. The fourth-order valence-corrected chi connectivity index (χ4v) is 13.8. The molecule has 0 bridgehead atoms. The third-order valence-electron chi connectivity index (χ3n) is 15.9. The van der Waals surface area contributed by atoms with Crippen LogP contribution in [-0.2, 0) is 14.2 Å². The SMILES string of the molecule is CC1CC(C(O)C(C)(C)O)OC2C1C1(C)CCC34CC35CCC(OC3CN(CC(C)(C)O)CCO3)C(C)(C)C5CCC4C1(C)C2O. The van der Waals surface area contributed by atoms with E-state index in [9.17, 15) is 20.4 Å². The van der Waals surface area contributed by atoms with E-state index in [1.54, 1.807) is 13.8 Å². The molecular weight excluding hydrogens is 582 g/mol. The van der Waals surface area contributed by atoms with Crippen LogP contribution in [0.1, 0.15) is 114 Å². The Labute approximate surface area is 277 Å². The Morgan fingerprint density at radius 3 is 2.30 bits per heavy atom.